The van der Waals surface area contributed by atoms with Crippen molar-refractivity contribution >= 4 is 49.8 Å². The molecular weight excluding hydrogens is 655 g/mol. The van der Waals surface area contributed by atoms with Crippen molar-refractivity contribution in [3.8, 4) is 44.5 Å². The number of anilines is 3. The zero-order valence-corrected chi connectivity index (χ0v) is 29.6. The van der Waals surface area contributed by atoms with Gasteiger partial charge in [-0.3, -0.25) is 0 Å². The number of fused-ring (bicyclic) bond motifs is 4. The molecule has 0 bridgehead atoms. The fourth-order valence-corrected chi connectivity index (χ4v) is 7.89. The minimum absolute atomic E-state index is 0.904. The van der Waals surface area contributed by atoms with Crippen LogP contribution in [0.3, 0.4) is 0 Å². The highest BCUT2D eigenvalue weighted by atomic mass is 16.3. The summed E-state index contributed by atoms with van der Waals surface area (Å²) in [5.41, 5.74) is 14.7. The van der Waals surface area contributed by atoms with Gasteiger partial charge in [0, 0.05) is 27.5 Å². The van der Waals surface area contributed by atoms with Gasteiger partial charge in [-0.1, -0.05) is 164 Å². The second-order valence-corrected chi connectivity index (χ2v) is 13.7. The number of benzene rings is 9. The van der Waals surface area contributed by atoms with E-state index < -0.39 is 0 Å². The maximum atomic E-state index is 6.22. The van der Waals surface area contributed by atoms with E-state index in [1.54, 1.807) is 0 Å². The molecule has 0 saturated heterocycles. The molecule has 0 unspecified atom stereocenters. The summed E-state index contributed by atoms with van der Waals surface area (Å²) in [5.74, 6) is 0. The SMILES string of the molecule is c1ccc(-c2ccc(-c3ccc(N(c4ccc(-c5cccc6oc7ccccc7c56)cc4)c4cccc5ccccc45)cc3)cc2-c2ccccc2)cc1. The van der Waals surface area contributed by atoms with Gasteiger partial charge in [-0.25, -0.2) is 0 Å². The van der Waals surface area contributed by atoms with Crippen LogP contribution in [0.2, 0.25) is 0 Å². The van der Waals surface area contributed by atoms with Crippen molar-refractivity contribution in [2.45, 2.75) is 0 Å². The van der Waals surface area contributed by atoms with Crippen LogP contribution in [-0.4, -0.2) is 0 Å². The Balaban J connectivity index is 1.07. The molecule has 0 radical (unpaired) electrons. The van der Waals surface area contributed by atoms with Gasteiger partial charge in [0.15, 0.2) is 0 Å². The Kier molecular flexibility index (Phi) is 7.85. The van der Waals surface area contributed by atoms with Crippen molar-refractivity contribution in [3.63, 3.8) is 0 Å². The van der Waals surface area contributed by atoms with Crippen molar-refractivity contribution in [2.75, 3.05) is 4.90 Å². The Morgan fingerprint density at radius 1 is 0.315 bits per heavy atom. The minimum Gasteiger partial charge on any atom is -0.456 e. The number of para-hydroxylation sites is 1. The smallest absolute Gasteiger partial charge is 0.136 e. The lowest BCUT2D eigenvalue weighted by Crippen LogP contribution is -2.10. The molecule has 1 aromatic heterocycles. The van der Waals surface area contributed by atoms with Gasteiger partial charge in [0.25, 0.3) is 0 Å². The Bertz CT molecular complexity index is 2900. The summed E-state index contributed by atoms with van der Waals surface area (Å²) >= 11 is 0. The molecule has 10 rings (SSSR count). The highest BCUT2D eigenvalue weighted by molar-refractivity contribution is 6.12. The number of furan rings is 1. The predicted molar refractivity (Wildman–Crippen MR) is 228 cm³/mol. The highest BCUT2D eigenvalue weighted by Gasteiger charge is 2.18. The normalized spacial score (nSPS) is 11.3. The third kappa shape index (κ3) is 5.62. The maximum Gasteiger partial charge on any atom is 0.136 e. The molecule has 0 saturated carbocycles. The molecule has 2 nitrogen and oxygen atoms in total. The van der Waals surface area contributed by atoms with E-state index in [9.17, 15) is 0 Å². The molecule has 0 amide bonds. The number of hydrogen-bond donors (Lipinski definition) is 0. The summed E-state index contributed by atoms with van der Waals surface area (Å²) in [4.78, 5) is 2.37. The van der Waals surface area contributed by atoms with Gasteiger partial charge in [0.2, 0.25) is 0 Å². The molecule has 0 atom stereocenters. The molecule has 0 spiro atoms. The molecule has 54 heavy (non-hydrogen) atoms. The van der Waals surface area contributed by atoms with Crippen LogP contribution in [0.25, 0.3) is 77.2 Å². The monoisotopic (exact) mass is 689 g/mol. The van der Waals surface area contributed by atoms with Gasteiger partial charge in [-0.15, -0.1) is 0 Å². The molecule has 10 aromatic rings. The second-order valence-electron chi connectivity index (χ2n) is 13.7. The predicted octanol–water partition coefficient (Wildman–Crippen LogP) is 14.9. The lowest BCUT2D eigenvalue weighted by atomic mass is 9.91. The van der Waals surface area contributed by atoms with Gasteiger partial charge in [-0.05, 0) is 98.4 Å². The summed E-state index contributed by atoms with van der Waals surface area (Å²) in [5, 5.41) is 4.69. The van der Waals surface area contributed by atoms with Crippen LogP contribution in [0.4, 0.5) is 17.1 Å². The molecule has 0 aliphatic heterocycles. The highest BCUT2D eigenvalue weighted by Crippen LogP contribution is 2.42. The van der Waals surface area contributed by atoms with Crippen LogP contribution in [0.15, 0.2) is 217 Å². The molecule has 254 valence electrons. The van der Waals surface area contributed by atoms with Gasteiger partial charge < -0.3 is 9.32 Å². The third-order valence-electron chi connectivity index (χ3n) is 10.5. The molecule has 2 heteroatoms. The van der Waals surface area contributed by atoms with Crippen LogP contribution >= 0.6 is 0 Å². The molecule has 0 fully saturated rings. The third-order valence-corrected chi connectivity index (χ3v) is 10.5. The van der Waals surface area contributed by atoms with Crippen molar-refractivity contribution in [2.24, 2.45) is 0 Å². The van der Waals surface area contributed by atoms with E-state index >= 15 is 0 Å². The molecule has 0 N–H and O–H groups in total. The van der Waals surface area contributed by atoms with Crippen molar-refractivity contribution in [1.82, 2.24) is 0 Å². The van der Waals surface area contributed by atoms with E-state index in [4.69, 9.17) is 4.42 Å². The van der Waals surface area contributed by atoms with Gasteiger partial charge in [0.1, 0.15) is 11.2 Å². The van der Waals surface area contributed by atoms with Crippen molar-refractivity contribution in [1.29, 1.82) is 0 Å². The largest absolute Gasteiger partial charge is 0.456 e. The number of hydrogen-bond acceptors (Lipinski definition) is 2. The minimum atomic E-state index is 0.904. The summed E-state index contributed by atoms with van der Waals surface area (Å²) in [6.45, 7) is 0. The average molecular weight is 690 g/mol. The molecule has 9 aromatic carbocycles. The Labute approximate surface area is 314 Å². The van der Waals surface area contributed by atoms with E-state index in [-0.39, 0.29) is 0 Å². The lowest BCUT2D eigenvalue weighted by molar-refractivity contribution is 0.669. The molecule has 1 heterocycles. The van der Waals surface area contributed by atoms with E-state index in [0.717, 1.165) is 44.6 Å². The van der Waals surface area contributed by atoms with Gasteiger partial charge >= 0.3 is 0 Å². The number of nitrogens with zero attached hydrogens (tertiary/aromatic N) is 1. The molecule has 0 aliphatic rings. The van der Waals surface area contributed by atoms with Gasteiger partial charge in [0.05, 0.1) is 5.69 Å². The standard InChI is InChI=1S/C52H35NO/c1-3-13-37(14-4-1)44-34-29-41(35-48(44)39-15-5-2-6-16-39)36-25-30-42(31-26-36)53(49-22-11-18-38-17-7-8-19-45(38)49)43-32-27-40(28-33-43)46-21-12-24-51-52(46)47-20-9-10-23-50(47)54-51/h1-35H. The van der Waals surface area contributed by atoms with Crippen LogP contribution in [0, 0.1) is 0 Å². The zero-order valence-electron chi connectivity index (χ0n) is 29.6. The number of rotatable bonds is 7. The summed E-state index contributed by atoms with van der Waals surface area (Å²) in [6, 6.07) is 75.9. The lowest BCUT2D eigenvalue weighted by Gasteiger charge is -2.27. The van der Waals surface area contributed by atoms with Crippen LogP contribution in [0.5, 0.6) is 0 Å². The summed E-state index contributed by atoms with van der Waals surface area (Å²) < 4.78 is 6.22. The topological polar surface area (TPSA) is 16.4 Å². The maximum absolute atomic E-state index is 6.22. The average Bonchev–Trinajstić information content (AvgIpc) is 3.64. The van der Waals surface area contributed by atoms with Crippen molar-refractivity contribution in [3.05, 3.63) is 212 Å². The van der Waals surface area contributed by atoms with E-state index in [0.29, 0.717) is 0 Å². The zero-order chi connectivity index (χ0) is 35.8. The van der Waals surface area contributed by atoms with E-state index in [2.05, 4.69) is 205 Å². The Hall–Kier alpha value is -7.16. The first-order valence-electron chi connectivity index (χ1n) is 18.4. The fourth-order valence-electron chi connectivity index (χ4n) is 7.89. The van der Waals surface area contributed by atoms with E-state index in [1.165, 1.54) is 49.7 Å². The Morgan fingerprint density at radius 2 is 0.852 bits per heavy atom. The molecular formula is C52H35NO. The Morgan fingerprint density at radius 3 is 1.59 bits per heavy atom. The summed E-state index contributed by atoms with van der Waals surface area (Å²) in [7, 11) is 0. The first-order valence-corrected chi connectivity index (χ1v) is 18.4. The van der Waals surface area contributed by atoms with Crippen LogP contribution in [-0.2, 0) is 0 Å². The van der Waals surface area contributed by atoms with Crippen LogP contribution in [0.1, 0.15) is 0 Å². The first kappa shape index (κ1) is 31.6. The van der Waals surface area contributed by atoms with Crippen LogP contribution < -0.4 is 4.90 Å². The quantitative estimate of drug-likeness (QED) is 0.166. The second kappa shape index (κ2) is 13.4. The van der Waals surface area contributed by atoms with Crippen molar-refractivity contribution < 1.29 is 4.42 Å². The fraction of sp³-hybridized carbons (Fsp3) is 0. The first-order chi connectivity index (χ1) is 26.8. The molecule has 0 aliphatic carbocycles. The van der Waals surface area contributed by atoms with E-state index in [1.807, 2.05) is 12.1 Å². The van der Waals surface area contributed by atoms with Gasteiger partial charge in [-0.2, -0.15) is 0 Å². The summed E-state index contributed by atoms with van der Waals surface area (Å²) in [6.07, 6.45) is 0.